The van der Waals surface area contributed by atoms with Gasteiger partial charge in [0.25, 0.3) is 0 Å². The Morgan fingerprint density at radius 1 is 1.07 bits per heavy atom. The van der Waals surface area contributed by atoms with E-state index in [4.69, 9.17) is 0 Å². The summed E-state index contributed by atoms with van der Waals surface area (Å²) < 4.78 is 0. The molecule has 2 rings (SSSR count). The maximum absolute atomic E-state index is 12.5. The molecule has 168 valence electrons. The predicted octanol–water partition coefficient (Wildman–Crippen LogP) is 2.17. The van der Waals surface area contributed by atoms with Crippen LogP contribution in [0.1, 0.15) is 39.2 Å². The molecule has 0 bridgehead atoms. The number of amides is 2. The number of guanidine groups is 1. The van der Waals surface area contributed by atoms with Crippen molar-refractivity contribution in [3.63, 3.8) is 0 Å². The number of likely N-dealkylation sites (tertiary alicyclic amines) is 1. The average molecular weight is 529 g/mol. The Morgan fingerprint density at radius 2 is 1.67 bits per heavy atom. The summed E-state index contributed by atoms with van der Waals surface area (Å²) >= 11 is 0. The summed E-state index contributed by atoms with van der Waals surface area (Å²) in [6.45, 7) is 7.65. The number of rotatable bonds is 6. The molecule has 0 saturated carbocycles. The van der Waals surface area contributed by atoms with Gasteiger partial charge in [-0.2, -0.15) is 0 Å². The number of carbonyl (C=O) groups excluding carboxylic acids is 2. The Kier molecular flexibility index (Phi) is 11.1. The lowest BCUT2D eigenvalue weighted by atomic mass is 9.90. The van der Waals surface area contributed by atoms with Gasteiger partial charge in [-0.3, -0.25) is 14.6 Å². The molecule has 0 spiro atoms. The zero-order valence-electron chi connectivity index (χ0n) is 18.5. The SMILES string of the molecule is CN=C(NCC(=O)NC(C)(C)C)NCC(=O)N1CCC(Cc2ccccc2)CC1.I. The van der Waals surface area contributed by atoms with Crippen molar-refractivity contribution in [3.05, 3.63) is 35.9 Å². The molecule has 2 amide bonds. The molecule has 8 heteroatoms. The van der Waals surface area contributed by atoms with E-state index in [1.807, 2.05) is 31.7 Å². The van der Waals surface area contributed by atoms with Crippen molar-refractivity contribution in [2.45, 2.75) is 45.6 Å². The van der Waals surface area contributed by atoms with Crippen LogP contribution in [0.3, 0.4) is 0 Å². The summed E-state index contributed by atoms with van der Waals surface area (Å²) in [6, 6.07) is 10.5. The number of aliphatic imine (C=N–C) groups is 1. The maximum atomic E-state index is 12.5. The van der Waals surface area contributed by atoms with E-state index in [1.165, 1.54) is 5.56 Å². The number of hydrogen-bond donors (Lipinski definition) is 3. The number of carbonyl (C=O) groups is 2. The lowest BCUT2D eigenvalue weighted by Crippen LogP contribution is -2.50. The molecule has 0 atom stereocenters. The zero-order valence-corrected chi connectivity index (χ0v) is 20.9. The first-order valence-corrected chi connectivity index (χ1v) is 10.3. The molecule has 1 saturated heterocycles. The Bertz CT molecular complexity index is 695. The molecule has 1 fully saturated rings. The quantitative estimate of drug-likeness (QED) is 0.300. The third-order valence-electron chi connectivity index (χ3n) is 4.90. The monoisotopic (exact) mass is 529 g/mol. The van der Waals surface area contributed by atoms with Gasteiger partial charge in [0.1, 0.15) is 0 Å². The van der Waals surface area contributed by atoms with Gasteiger partial charge in [0, 0.05) is 25.7 Å². The number of benzene rings is 1. The molecule has 0 aromatic heterocycles. The third-order valence-corrected chi connectivity index (χ3v) is 4.90. The average Bonchev–Trinajstić information content (AvgIpc) is 2.68. The molecule has 30 heavy (non-hydrogen) atoms. The topological polar surface area (TPSA) is 85.8 Å². The number of piperidine rings is 1. The second-order valence-electron chi connectivity index (χ2n) is 8.59. The van der Waals surface area contributed by atoms with Crippen LogP contribution in [0, 0.1) is 5.92 Å². The van der Waals surface area contributed by atoms with Gasteiger partial charge in [-0.15, -0.1) is 24.0 Å². The highest BCUT2D eigenvalue weighted by molar-refractivity contribution is 14.0. The Morgan fingerprint density at radius 3 is 2.23 bits per heavy atom. The highest BCUT2D eigenvalue weighted by atomic mass is 127. The molecular formula is C22H36IN5O2. The summed E-state index contributed by atoms with van der Waals surface area (Å²) in [4.78, 5) is 30.4. The van der Waals surface area contributed by atoms with Crippen LogP contribution in [0.4, 0.5) is 0 Å². The van der Waals surface area contributed by atoms with Crippen molar-refractivity contribution >= 4 is 41.8 Å². The summed E-state index contributed by atoms with van der Waals surface area (Å²) in [5.74, 6) is 1.02. The van der Waals surface area contributed by atoms with Crippen molar-refractivity contribution < 1.29 is 9.59 Å². The lowest BCUT2D eigenvalue weighted by Gasteiger charge is -2.32. The van der Waals surface area contributed by atoms with Crippen LogP contribution >= 0.6 is 24.0 Å². The second-order valence-corrected chi connectivity index (χ2v) is 8.59. The van der Waals surface area contributed by atoms with Crippen LogP contribution < -0.4 is 16.0 Å². The first-order valence-electron chi connectivity index (χ1n) is 10.3. The van der Waals surface area contributed by atoms with Crippen LogP contribution in [-0.2, 0) is 16.0 Å². The first-order chi connectivity index (χ1) is 13.8. The van der Waals surface area contributed by atoms with Crippen LogP contribution in [0.5, 0.6) is 0 Å². The third kappa shape index (κ3) is 9.77. The van der Waals surface area contributed by atoms with Crippen molar-refractivity contribution in [1.82, 2.24) is 20.9 Å². The molecule has 0 aliphatic carbocycles. The fourth-order valence-electron chi connectivity index (χ4n) is 3.45. The van der Waals surface area contributed by atoms with E-state index in [1.54, 1.807) is 7.05 Å². The van der Waals surface area contributed by atoms with Crippen molar-refractivity contribution in [2.24, 2.45) is 10.9 Å². The number of halogens is 1. The molecule has 0 unspecified atom stereocenters. The van der Waals surface area contributed by atoms with E-state index in [9.17, 15) is 9.59 Å². The van der Waals surface area contributed by atoms with E-state index >= 15 is 0 Å². The standard InChI is InChI=1S/C22H35N5O2.HI/c1-22(2,3)26-19(28)15-24-21(23-4)25-16-20(29)27-12-10-18(11-13-27)14-17-8-6-5-7-9-17;/h5-9,18H,10-16H2,1-4H3,(H,26,28)(H2,23,24,25);1H. The summed E-state index contributed by atoms with van der Waals surface area (Å²) in [6.07, 6.45) is 3.13. The van der Waals surface area contributed by atoms with Crippen LogP contribution in [0.15, 0.2) is 35.3 Å². The van der Waals surface area contributed by atoms with Crippen LogP contribution in [0.25, 0.3) is 0 Å². The molecule has 1 aliphatic heterocycles. The summed E-state index contributed by atoms with van der Waals surface area (Å²) in [7, 11) is 1.62. The molecule has 1 aromatic rings. The molecular weight excluding hydrogens is 493 g/mol. The van der Waals surface area contributed by atoms with Gasteiger partial charge < -0.3 is 20.9 Å². The van der Waals surface area contributed by atoms with E-state index < -0.39 is 0 Å². The van der Waals surface area contributed by atoms with Gasteiger partial charge in [-0.25, -0.2) is 0 Å². The Balaban J connectivity index is 0.00000450. The van der Waals surface area contributed by atoms with Crippen LogP contribution in [0.2, 0.25) is 0 Å². The van der Waals surface area contributed by atoms with Gasteiger partial charge in [0.15, 0.2) is 5.96 Å². The van der Waals surface area contributed by atoms with Crippen LogP contribution in [-0.4, -0.2) is 61.4 Å². The first kappa shape index (κ1) is 26.2. The van der Waals surface area contributed by atoms with E-state index in [0.717, 1.165) is 32.4 Å². The van der Waals surface area contributed by atoms with E-state index in [-0.39, 0.29) is 54.4 Å². The molecule has 3 N–H and O–H groups in total. The fraction of sp³-hybridized carbons (Fsp3) is 0.591. The largest absolute Gasteiger partial charge is 0.350 e. The van der Waals surface area contributed by atoms with Gasteiger partial charge >= 0.3 is 0 Å². The number of nitrogens with zero attached hydrogens (tertiary/aromatic N) is 2. The molecule has 0 radical (unpaired) electrons. The highest BCUT2D eigenvalue weighted by Gasteiger charge is 2.23. The van der Waals surface area contributed by atoms with Gasteiger partial charge in [-0.1, -0.05) is 30.3 Å². The van der Waals surface area contributed by atoms with E-state index in [0.29, 0.717) is 11.9 Å². The second kappa shape index (κ2) is 12.8. The zero-order chi connectivity index (χ0) is 21.3. The lowest BCUT2D eigenvalue weighted by molar-refractivity contribution is -0.131. The minimum absolute atomic E-state index is 0. The molecule has 1 aliphatic rings. The van der Waals surface area contributed by atoms with Gasteiger partial charge in [0.05, 0.1) is 13.1 Å². The fourth-order valence-corrected chi connectivity index (χ4v) is 3.45. The summed E-state index contributed by atoms with van der Waals surface area (Å²) in [5.41, 5.74) is 1.09. The minimum atomic E-state index is -0.279. The van der Waals surface area contributed by atoms with Gasteiger partial charge in [-0.05, 0) is 51.5 Å². The van der Waals surface area contributed by atoms with E-state index in [2.05, 4.69) is 45.2 Å². The molecule has 1 heterocycles. The molecule has 7 nitrogen and oxygen atoms in total. The maximum Gasteiger partial charge on any atom is 0.241 e. The Labute approximate surface area is 197 Å². The normalized spacial score (nSPS) is 15.2. The minimum Gasteiger partial charge on any atom is -0.350 e. The van der Waals surface area contributed by atoms with Crippen molar-refractivity contribution in [2.75, 3.05) is 33.2 Å². The predicted molar refractivity (Wildman–Crippen MR) is 132 cm³/mol. The smallest absolute Gasteiger partial charge is 0.241 e. The number of hydrogen-bond acceptors (Lipinski definition) is 3. The summed E-state index contributed by atoms with van der Waals surface area (Å²) in [5, 5.41) is 8.82. The van der Waals surface area contributed by atoms with Gasteiger partial charge in [0.2, 0.25) is 11.8 Å². The van der Waals surface area contributed by atoms with Crippen molar-refractivity contribution in [1.29, 1.82) is 0 Å². The molecule has 1 aromatic carbocycles. The Hall–Kier alpha value is -1.84. The van der Waals surface area contributed by atoms with Crippen molar-refractivity contribution in [3.8, 4) is 0 Å². The highest BCUT2D eigenvalue weighted by Crippen LogP contribution is 2.21. The number of nitrogens with one attached hydrogen (secondary N) is 3.